The molecule has 0 N–H and O–H groups in total. The zero-order valence-corrected chi connectivity index (χ0v) is 18.0. The van der Waals surface area contributed by atoms with Crippen molar-refractivity contribution in [1.82, 2.24) is 0 Å². The molecule has 156 valence electrons. The van der Waals surface area contributed by atoms with Gasteiger partial charge in [-0.25, -0.2) is 0 Å². The summed E-state index contributed by atoms with van der Waals surface area (Å²) >= 11 is 0. The van der Waals surface area contributed by atoms with Crippen LogP contribution in [0.2, 0.25) is 0 Å². The molecule has 2 aliphatic rings. The normalized spacial score (nSPS) is 18.7. The summed E-state index contributed by atoms with van der Waals surface area (Å²) in [6, 6.07) is 28.6. The van der Waals surface area contributed by atoms with Crippen LogP contribution in [0.1, 0.15) is 23.6 Å². The lowest BCUT2D eigenvalue weighted by molar-refractivity contribution is 0.145. The maximum atomic E-state index is 6.88. The summed E-state index contributed by atoms with van der Waals surface area (Å²) < 4.78 is 18.8. The molecule has 2 heterocycles. The molecule has 4 aromatic rings. The lowest BCUT2D eigenvalue weighted by Gasteiger charge is -2.41. The Balaban J connectivity index is 1.61. The summed E-state index contributed by atoms with van der Waals surface area (Å²) in [6.07, 6.45) is 4.34. The van der Waals surface area contributed by atoms with Gasteiger partial charge in [0, 0.05) is 16.7 Å². The first-order valence-corrected chi connectivity index (χ1v) is 10.7. The van der Waals surface area contributed by atoms with E-state index in [0.29, 0.717) is 0 Å². The predicted molar refractivity (Wildman–Crippen MR) is 128 cm³/mol. The second-order valence-electron chi connectivity index (χ2n) is 8.15. The predicted octanol–water partition coefficient (Wildman–Crippen LogP) is 6.97. The Bertz CT molecular complexity index is 1420. The third-order valence-electron chi connectivity index (χ3n) is 6.42. The van der Waals surface area contributed by atoms with E-state index in [4.69, 9.17) is 14.2 Å². The van der Waals surface area contributed by atoms with E-state index in [1.165, 1.54) is 10.8 Å². The zero-order valence-electron chi connectivity index (χ0n) is 18.0. The summed E-state index contributed by atoms with van der Waals surface area (Å²) in [4.78, 5) is 0. The van der Waals surface area contributed by atoms with Crippen molar-refractivity contribution in [3.63, 3.8) is 0 Å². The first-order chi connectivity index (χ1) is 15.7. The van der Waals surface area contributed by atoms with E-state index in [-0.39, 0.29) is 0 Å². The molecule has 0 radical (unpaired) electrons. The topological polar surface area (TPSA) is 27.7 Å². The van der Waals surface area contributed by atoms with Gasteiger partial charge >= 0.3 is 0 Å². The van der Waals surface area contributed by atoms with E-state index in [1.54, 1.807) is 7.11 Å². The Hall–Kier alpha value is -3.98. The molecule has 4 aromatic carbocycles. The Morgan fingerprint density at radius 1 is 0.812 bits per heavy atom. The van der Waals surface area contributed by atoms with Crippen molar-refractivity contribution in [3.05, 3.63) is 113 Å². The third-order valence-corrected chi connectivity index (χ3v) is 6.42. The molecule has 6 rings (SSSR count). The third kappa shape index (κ3) is 2.68. The van der Waals surface area contributed by atoms with E-state index in [1.807, 2.05) is 36.4 Å². The highest BCUT2D eigenvalue weighted by Crippen LogP contribution is 2.52. The number of ether oxygens (including phenoxy) is 3. The SMILES string of the molecule is COc1ccc2c(c1)C1(C=Cc3c(ccc4ccccc34)O1)C(C)=C(c1ccccc1)O2. The van der Waals surface area contributed by atoms with Gasteiger partial charge in [-0.15, -0.1) is 0 Å². The molecule has 1 unspecified atom stereocenters. The average Bonchev–Trinajstić information content (AvgIpc) is 2.86. The van der Waals surface area contributed by atoms with Crippen LogP contribution in [0.25, 0.3) is 22.6 Å². The molecule has 1 spiro atoms. The maximum absolute atomic E-state index is 6.88. The quantitative estimate of drug-likeness (QED) is 0.352. The molecule has 3 heteroatoms. The summed E-state index contributed by atoms with van der Waals surface area (Å²) in [5, 5.41) is 2.38. The minimum Gasteiger partial charge on any atom is -0.497 e. The smallest absolute Gasteiger partial charge is 0.181 e. The van der Waals surface area contributed by atoms with E-state index < -0.39 is 5.60 Å². The Morgan fingerprint density at radius 3 is 2.44 bits per heavy atom. The van der Waals surface area contributed by atoms with Crippen molar-refractivity contribution in [1.29, 1.82) is 0 Å². The van der Waals surface area contributed by atoms with Crippen LogP contribution in [0.5, 0.6) is 17.2 Å². The molecule has 0 saturated carbocycles. The van der Waals surface area contributed by atoms with Gasteiger partial charge in [-0.2, -0.15) is 0 Å². The van der Waals surface area contributed by atoms with Crippen molar-refractivity contribution < 1.29 is 14.2 Å². The van der Waals surface area contributed by atoms with Crippen molar-refractivity contribution in [2.75, 3.05) is 7.11 Å². The lowest BCUT2D eigenvalue weighted by Crippen LogP contribution is -2.38. The fourth-order valence-electron chi connectivity index (χ4n) is 4.73. The van der Waals surface area contributed by atoms with Gasteiger partial charge in [-0.3, -0.25) is 0 Å². The molecule has 3 nitrogen and oxygen atoms in total. The van der Waals surface area contributed by atoms with Gasteiger partial charge in [-0.1, -0.05) is 60.7 Å². The van der Waals surface area contributed by atoms with Crippen LogP contribution in [0, 0.1) is 0 Å². The highest BCUT2D eigenvalue weighted by atomic mass is 16.5. The maximum Gasteiger partial charge on any atom is 0.181 e. The van der Waals surface area contributed by atoms with E-state index in [9.17, 15) is 0 Å². The molecule has 32 heavy (non-hydrogen) atoms. The number of hydrogen-bond acceptors (Lipinski definition) is 3. The molecule has 0 bridgehead atoms. The largest absolute Gasteiger partial charge is 0.497 e. The van der Waals surface area contributed by atoms with Gasteiger partial charge in [0.25, 0.3) is 0 Å². The van der Waals surface area contributed by atoms with Crippen molar-refractivity contribution in [2.45, 2.75) is 12.5 Å². The van der Waals surface area contributed by atoms with E-state index in [2.05, 4.69) is 67.6 Å². The number of rotatable bonds is 2. The number of fused-ring (bicyclic) bond motifs is 5. The lowest BCUT2D eigenvalue weighted by atomic mass is 9.80. The highest BCUT2D eigenvalue weighted by molar-refractivity contribution is 5.94. The molecule has 1 atom stereocenters. The van der Waals surface area contributed by atoms with Gasteiger partial charge in [0.1, 0.15) is 23.0 Å². The first kappa shape index (κ1) is 18.8. The van der Waals surface area contributed by atoms with Crippen molar-refractivity contribution in [3.8, 4) is 17.2 Å². The number of methoxy groups -OCH3 is 1. The second kappa shape index (κ2) is 7.03. The fourth-order valence-corrected chi connectivity index (χ4v) is 4.73. The van der Waals surface area contributed by atoms with Crippen molar-refractivity contribution >= 4 is 22.6 Å². The summed E-state index contributed by atoms with van der Waals surface area (Å²) in [7, 11) is 1.68. The van der Waals surface area contributed by atoms with E-state index in [0.717, 1.165) is 45.3 Å². The Kier molecular flexibility index (Phi) is 4.12. The van der Waals surface area contributed by atoms with Crippen LogP contribution in [0.4, 0.5) is 0 Å². The van der Waals surface area contributed by atoms with Gasteiger partial charge in [0.15, 0.2) is 5.60 Å². The summed E-state index contributed by atoms with van der Waals surface area (Å²) in [6.45, 7) is 2.08. The van der Waals surface area contributed by atoms with Crippen LogP contribution in [-0.4, -0.2) is 7.11 Å². The average molecular weight is 418 g/mol. The molecule has 0 amide bonds. The molecule has 0 aliphatic carbocycles. The van der Waals surface area contributed by atoms with Crippen LogP contribution >= 0.6 is 0 Å². The van der Waals surface area contributed by atoms with Gasteiger partial charge in [0.05, 0.1) is 12.7 Å². The number of hydrogen-bond donors (Lipinski definition) is 0. The van der Waals surface area contributed by atoms with Gasteiger partial charge in [-0.05, 0) is 54.1 Å². The minimum absolute atomic E-state index is 0.768. The molecular weight excluding hydrogens is 396 g/mol. The standard InChI is InChI=1S/C29H22O3/c1-19-28(21-9-4-3-5-10-21)31-27-15-13-22(30-2)18-25(27)29(19)17-16-24-23-11-7-6-8-20(23)12-14-26(24)32-29/h3-18H,1-2H3. The van der Waals surface area contributed by atoms with Crippen LogP contribution in [0.3, 0.4) is 0 Å². The highest BCUT2D eigenvalue weighted by Gasteiger charge is 2.45. The summed E-state index contributed by atoms with van der Waals surface area (Å²) in [5.41, 5.74) is 3.26. The Morgan fingerprint density at radius 2 is 1.59 bits per heavy atom. The molecule has 0 fully saturated rings. The monoisotopic (exact) mass is 418 g/mol. The van der Waals surface area contributed by atoms with Crippen LogP contribution in [-0.2, 0) is 5.60 Å². The van der Waals surface area contributed by atoms with Gasteiger partial charge < -0.3 is 14.2 Å². The van der Waals surface area contributed by atoms with E-state index >= 15 is 0 Å². The molecule has 0 aromatic heterocycles. The second-order valence-corrected chi connectivity index (χ2v) is 8.15. The fraction of sp³-hybridized carbons (Fsp3) is 0.103. The summed E-state index contributed by atoms with van der Waals surface area (Å²) in [5.74, 6) is 3.21. The van der Waals surface area contributed by atoms with Crippen LogP contribution in [0.15, 0.2) is 96.6 Å². The Labute approximate surface area is 187 Å². The minimum atomic E-state index is -0.789. The van der Waals surface area contributed by atoms with Crippen LogP contribution < -0.4 is 14.2 Å². The zero-order chi connectivity index (χ0) is 21.7. The molecule has 0 saturated heterocycles. The molecule has 2 aliphatic heterocycles. The van der Waals surface area contributed by atoms with Crippen molar-refractivity contribution in [2.24, 2.45) is 0 Å². The first-order valence-electron chi connectivity index (χ1n) is 10.7. The number of benzene rings is 4. The van der Waals surface area contributed by atoms with Gasteiger partial charge in [0.2, 0.25) is 0 Å². The molecular formula is C29H22O3.